The highest BCUT2D eigenvalue weighted by Crippen LogP contribution is 2.31. The van der Waals surface area contributed by atoms with Crippen LogP contribution in [-0.4, -0.2) is 12.6 Å². The predicted molar refractivity (Wildman–Crippen MR) is 97.3 cm³/mol. The molecule has 1 aliphatic rings. The van der Waals surface area contributed by atoms with E-state index in [9.17, 15) is 0 Å². The first kappa shape index (κ1) is 15.3. The molecule has 0 radical (unpaired) electrons. The van der Waals surface area contributed by atoms with Crippen molar-refractivity contribution in [3.8, 4) is 5.75 Å². The summed E-state index contributed by atoms with van der Waals surface area (Å²) in [5.74, 6) is 1.00. The molecule has 112 valence electrons. The number of thiophene rings is 1. The molecule has 1 aromatic carbocycles. The summed E-state index contributed by atoms with van der Waals surface area (Å²) < 4.78 is 7.26. The summed E-state index contributed by atoms with van der Waals surface area (Å²) >= 11 is 4.19. The number of halogens is 1. The maximum atomic E-state index is 5.94. The van der Waals surface area contributed by atoms with Crippen molar-refractivity contribution in [2.24, 2.45) is 0 Å². The van der Waals surface area contributed by atoms with E-state index in [1.54, 1.807) is 11.3 Å². The zero-order chi connectivity index (χ0) is 14.7. The predicted octanol–water partition coefficient (Wildman–Crippen LogP) is 4.98. The SMILES string of the molecule is CCCNC(c1cccc(OC2CC2)c1)c1csc(I)c1. The van der Waals surface area contributed by atoms with Gasteiger partial charge >= 0.3 is 0 Å². The molecule has 1 heterocycles. The second kappa shape index (κ2) is 7.11. The Morgan fingerprint density at radius 1 is 1.33 bits per heavy atom. The molecule has 4 heteroatoms. The molecular weight excluding hydrogens is 393 g/mol. The first-order valence-corrected chi connectivity index (χ1v) is 9.46. The van der Waals surface area contributed by atoms with Gasteiger partial charge in [0, 0.05) is 0 Å². The fraction of sp³-hybridized carbons (Fsp3) is 0.412. The van der Waals surface area contributed by atoms with Crippen molar-refractivity contribution < 1.29 is 4.74 Å². The van der Waals surface area contributed by atoms with Gasteiger partial charge in [0.2, 0.25) is 0 Å². The third-order valence-electron chi connectivity index (χ3n) is 3.54. The van der Waals surface area contributed by atoms with Crippen LogP contribution in [0.1, 0.15) is 43.4 Å². The Hall–Kier alpha value is -0.590. The average molecular weight is 413 g/mol. The molecule has 2 nitrogen and oxygen atoms in total. The van der Waals surface area contributed by atoms with E-state index < -0.39 is 0 Å². The lowest BCUT2D eigenvalue weighted by Gasteiger charge is -2.19. The first-order chi connectivity index (χ1) is 10.3. The third kappa shape index (κ3) is 4.20. The Kier molecular flexibility index (Phi) is 5.19. The molecule has 1 saturated carbocycles. The summed E-state index contributed by atoms with van der Waals surface area (Å²) in [6.07, 6.45) is 3.98. The fourth-order valence-electron chi connectivity index (χ4n) is 2.34. The van der Waals surface area contributed by atoms with Crippen LogP contribution < -0.4 is 10.1 Å². The van der Waals surface area contributed by atoms with Crippen molar-refractivity contribution in [1.82, 2.24) is 5.32 Å². The van der Waals surface area contributed by atoms with Crippen LogP contribution in [0.3, 0.4) is 0 Å². The molecule has 3 rings (SSSR count). The smallest absolute Gasteiger partial charge is 0.120 e. The number of hydrogen-bond donors (Lipinski definition) is 1. The Morgan fingerprint density at radius 2 is 2.19 bits per heavy atom. The van der Waals surface area contributed by atoms with Crippen LogP contribution in [0.4, 0.5) is 0 Å². The van der Waals surface area contributed by atoms with Crippen LogP contribution >= 0.6 is 33.9 Å². The van der Waals surface area contributed by atoms with Crippen molar-refractivity contribution in [2.75, 3.05) is 6.54 Å². The van der Waals surface area contributed by atoms with E-state index >= 15 is 0 Å². The van der Waals surface area contributed by atoms with Crippen LogP contribution in [-0.2, 0) is 0 Å². The minimum absolute atomic E-state index is 0.257. The van der Waals surface area contributed by atoms with E-state index in [4.69, 9.17) is 4.74 Å². The molecule has 1 N–H and O–H groups in total. The number of hydrogen-bond acceptors (Lipinski definition) is 3. The quantitative estimate of drug-likeness (QED) is 0.647. The molecule has 0 aliphatic heterocycles. The normalized spacial score (nSPS) is 15.9. The summed E-state index contributed by atoms with van der Waals surface area (Å²) in [7, 11) is 0. The van der Waals surface area contributed by atoms with Crippen molar-refractivity contribution in [3.63, 3.8) is 0 Å². The lowest BCUT2D eigenvalue weighted by atomic mass is 10.0. The highest BCUT2D eigenvalue weighted by atomic mass is 127. The van der Waals surface area contributed by atoms with E-state index in [0.717, 1.165) is 18.7 Å². The molecular formula is C17H20INOS. The summed E-state index contributed by atoms with van der Waals surface area (Å²) in [5, 5.41) is 5.91. The minimum Gasteiger partial charge on any atom is -0.490 e. The van der Waals surface area contributed by atoms with Gasteiger partial charge < -0.3 is 10.1 Å². The molecule has 1 aromatic heterocycles. The molecule has 0 spiro atoms. The molecule has 1 fully saturated rings. The van der Waals surface area contributed by atoms with Crippen LogP contribution in [0.25, 0.3) is 0 Å². The molecule has 1 unspecified atom stereocenters. The van der Waals surface area contributed by atoms with Crippen LogP contribution in [0, 0.1) is 2.88 Å². The van der Waals surface area contributed by atoms with Crippen molar-refractivity contribution in [3.05, 3.63) is 49.7 Å². The highest BCUT2D eigenvalue weighted by Gasteiger charge is 2.24. The van der Waals surface area contributed by atoms with Gasteiger partial charge in [-0.15, -0.1) is 11.3 Å². The molecule has 0 bridgehead atoms. The van der Waals surface area contributed by atoms with Gasteiger partial charge in [-0.05, 0) is 83.1 Å². The molecule has 1 aliphatic carbocycles. The zero-order valence-corrected chi connectivity index (χ0v) is 15.1. The lowest BCUT2D eigenvalue weighted by Crippen LogP contribution is -2.22. The van der Waals surface area contributed by atoms with Gasteiger partial charge in [0.15, 0.2) is 0 Å². The second-order valence-corrected chi connectivity index (χ2v) is 8.27. The van der Waals surface area contributed by atoms with Crippen molar-refractivity contribution >= 4 is 33.9 Å². The van der Waals surface area contributed by atoms with E-state index in [2.05, 4.69) is 70.5 Å². The van der Waals surface area contributed by atoms with Gasteiger partial charge in [-0.1, -0.05) is 19.1 Å². The van der Waals surface area contributed by atoms with Crippen LogP contribution in [0.15, 0.2) is 35.7 Å². The van der Waals surface area contributed by atoms with Gasteiger partial charge in [0.05, 0.1) is 15.0 Å². The number of benzene rings is 1. The zero-order valence-electron chi connectivity index (χ0n) is 12.1. The molecule has 21 heavy (non-hydrogen) atoms. The van der Waals surface area contributed by atoms with Crippen molar-refractivity contribution in [1.29, 1.82) is 0 Å². The minimum atomic E-state index is 0.257. The first-order valence-electron chi connectivity index (χ1n) is 7.50. The van der Waals surface area contributed by atoms with Crippen LogP contribution in [0.5, 0.6) is 5.75 Å². The van der Waals surface area contributed by atoms with E-state index in [1.165, 1.54) is 26.9 Å². The topological polar surface area (TPSA) is 21.3 Å². The standard InChI is InChI=1S/C17H20INOS/c1-2-8-19-17(13-10-16(18)21-11-13)12-4-3-5-15(9-12)20-14-6-7-14/h3-5,9-11,14,17,19H,2,6-8H2,1H3. The van der Waals surface area contributed by atoms with Crippen molar-refractivity contribution in [2.45, 2.75) is 38.3 Å². The van der Waals surface area contributed by atoms with Gasteiger partial charge in [0.1, 0.15) is 5.75 Å². The number of nitrogens with one attached hydrogen (secondary N) is 1. The summed E-state index contributed by atoms with van der Waals surface area (Å²) in [6, 6.07) is 11.1. The van der Waals surface area contributed by atoms with E-state index in [1.807, 2.05) is 0 Å². The summed E-state index contributed by atoms with van der Waals surface area (Å²) in [4.78, 5) is 0. The monoisotopic (exact) mass is 413 g/mol. The van der Waals surface area contributed by atoms with E-state index in [0.29, 0.717) is 6.10 Å². The molecule has 0 saturated heterocycles. The Balaban J connectivity index is 1.83. The number of ether oxygens (including phenoxy) is 1. The third-order valence-corrected chi connectivity index (χ3v) is 5.35. The Labute approximate surface area is 144 Å². The van der Waals surface area contributed by atoms with E-state index in [-0.39, 0.29) is 6.04 Å². The van der Waals surface area contributed by atoms with Gasteiger partial charge in [-0.3, -0.25) is 0 Å². The maximum absolute atomic E-state index is 5.94. The number of rotatable bonds is 7. The largest absolute Gasteiger partial charge is 0.490 e. The molecule has 1 atom stereocenters. The van der Waals surface area contributed by atoms with Gasteiger partial charge in [-0.25, -0.2) is 0 Å². The Morgan fingerprint density at radius 3 is 2.86 bits per heavy atom. The second-order valence-electron chi connectivity index (χ2n) is 5.46. The van der Waals surface area contributed by atoms with Crippen LogP contribution in [0.2, 0.25) is 0 Å². The maximum Gasteiger partial charge on any atom is 0.120 e. The summed E-state index contributed by atoms with van der Waals surface area (Å²) in [5.41, 5.74) is 2.64. The summed E-state index contributed by atoms with van der Waals surface area (Å²) in [6.45, 7) is 3.22. The van der Waals surface area contributed by atoms with Gasteiger partial charge in [0.25, 0.3) is 0 Å². The Bertz CT molecular complexity index is 594. The average Bonchev–Trinajstić information content (AvgIpc) is 3.19. The fourth-order valence-corrected chi connectivity index (χ4v) is 3.74. The molecule has 2 aromatic rings. The highest BCUT2D eigenvalue weighted by molar-refractivity contribution is 14.1. The lowest BCUT2D eigenvalue weighted by molar-refractivity contribution is 0.302. The van der Waals surface area contributed by atoms with Gasteiger partial charge in [-0.2, -0.15) is 0 Å². The molecule has 0 amide bonds.